The van der Waals surface area contributed by atoms with E-state index in [-0.39, 0.29) is 12.0 Å². The number of aliphatic hydroxyl groups excluding tert-OH is 1. The zero-order chi connectivity index (χ0) is 13.5. The number of benzene rings is 2. The van der Waals surface area contributed by atoms with E-state index < -0.39 is 0 Å². The maximum Gasteiger partial charge on any atom is 0.0861 e. The molecule has 1 saturated carbocycles. The van der Waals surface area contributed by atoms with E-state index in [4.69, 9.17) is 0 Å². The van der Waals surface area contributed by atoms with Gasteiger partial charge in [0, 0.05) is 5.92 Å². The van der Waals surface area contributed by atoms with E-state index in [0.717, 1.165) is 17.9 Å². The van der Waals surface area contributed by atoms with E-state index in [1.54, 1.807) is 0 Å². The molecule has 2 atom stereocenters. The topological polar surface area (TPSA) is 20.2 Å². The molecule has 2 aliphatic rings. The normalized spacial score (nSPS) is 22.6. The molecule has 0 radical (unpaired) electrons. The third kappa shape index (κ3) is 1.89. The molecule has 0 aromatic heterocycles. The molecule has 0 aliphatic heterocycles. The van der Waals surface area contributed by atoms with E-state index in [1.807, 2.05) is 0 Å². The summed E-state index contributed by atoms with van der Waals surface area (Å²) in [5.74, 6) is 1.05. The van der Waals surface area contributed by atoms with Gasteiger partial charge in [-0.2, -0.15) is 0 Å². The highest BCUT2D eigenvalue weighted by molar-refractivity contribution is 5.42. The summed E-state index contributed by atoms with van der Waals surface area (Å²) in [6, 6.07) is 17.1. The summed E-state index contributed by atoms with van der Waals surface area (Å²) in [6.07, 6.45) is 4.67. The summed E-state index contributed by atoms with van der Waals surface area (Å²) >= 11 is 0. The van der Waals surface area contributed by atoms with Crippen molar-refractivity contribution in [2.45, 2.75) is 43.6 Å². The second kappa shape index (κ2) is 4.75. The molecular formula is C19H20O. The smallest absolute Gasteiger partial charge is 0.0861 e. The molecule has 20 heavy (non-hydrogen) atoms. The van der Waals surface area contributed by atoms with Gasteiger partial charge in [0.05, 0.1) is 6.10 Å². The van der Waals surface area contributed by atoms with Crippen molar-refractivity contribution in [1.82, 2.24) is 0 Å². The Morgan fingerprint density at radius 3 is 2.35 bits per heavy atom. The van der Waals surface area contributed by atoms with Gasteiger partial charge in [0.15, 0.2) is 0 Å². The lowest BCUT2D eigenvalue weighted by atomic mass is 9.72. The SMILES string of the molecule is OC(c1ccc(C2CCC2)cc1)C1Cc2ccccc21. The van der Waals surface area contributed by atoms with Gasteiger partial charge in [-0.15, -0.1) is 0 Å². The van der Waals surface area contributed by atoms with E-state index in [9.17, 15) is 5.11 Å². The molecule has 2 aromatic carbocycles. The van der Waals surface area contributed by atoms with Crippen LogP contribution in [0.15, 0.2) is 48.5 Å². The fourth-order valence-electron chi connectivity index (χ4n) is 3.52. The maximum atomic E-state index is 10.6. The van der Waals surface area contributed by atoms with Gasteiger partial charge in [0.2, 0.25) is 0 Å². The summed E-state index contributed by atoms with van der Waals surface area (Å²) in [4.78, 5) is 0. The summed E-state index contributed by atoms with van der Waals surface area (Å²) in [6.45, 7) is 0. The number of fused-ring (bicyclic) bond motifs is 1. The van der Waals surface area contributed by atoms with Crippen molar-refractivity contribution in [3.63, 3.8) is 0 Å². The first kappa shape index (κ1) is 12.2. The van der Waals surface area contributed by atoms with Crippen LogP contribution >= 0.6 is 0 Å². The lowest BCUT2D eigenvalue weighted by Gasteiger charge is -2.34. The zero-order valence-corrected chi connectivity index (χ0v) is 11.6. The molecule has 1 N–H and O–H groups in total. The maximum absolute atomic E-state index is 10.6. The molecule has 4 rings (SSSR count). The number of hydrogen-bond acceptors (Lipinski definition) is 1. The van der Waals surface area contributed by atoms with Gasteiger partial charge in [-0.3, -0.25) is 0 Å². The molecule has 1 nitrogen and oxygen atoms in total. The van der Waals surface area contributed by atoms with Gasteiger partial charge in [-0.25, -0.2) is 0 Å². The second-order valence-electron chi connectivity index (χ2n) is 6.25. The molecule has 0 heterocycles. The minimum absolute atomic E-state index is 0.278. The summed E-state index contributed by atoms with van der Waals surface area (Å²) in [5, 5.41) is 10.6. The molecular weight excluding hydrogens is 244 g/mol. The van der Waals surface area contributed by atoms with Gasteiger partial charge in [-0.05, 0) is 47.4 Å². The fraction of sp³-hybridized carbons (Fsp3) is 0.368. The van der Waals surface area contributed by atoms with Crippen LogP contribution in [0.5, 0.6) is 0 Å². The highest BCUT2D eigenvalue weighted by Gasteiger charge is 2.32. The third-order valence-electron chi connectivity index (χ3n) is 5.13. The van der Waals surface area contributed by atoms with Crippen LogP contribution in [-0.2, 0) is 6.42 Å². The van der Waals surface area contributed by atoms with Crippen molar-refractivity contribution in [1.29, 1.82) is 0 Å². The average molecular weight is 264 g/mol. The van der Waals surface area contributed by atoms with Gasteiger partial charge >= 0.3 is 0 Å². The third-order valence-corrected chi connectivity index (χ3v) is 5.13. The fourth-order valence-corrected chi connectivity index (χ4v) is 3.52. The Morgan fingerprint density at radius 2 is 1.70 bits per heavy atom. The van der Waals surface area contributed by atoms with Crippen LogP contribution in [0.4, 0.5) is 0 Å². The molecule has 0 saturated heterocycles. The Labute approximate surface area is 120 Å². The standard InChI is InChI=1S/C19H20O/c20-19(18-12-16-4-1-2-7-17(16)18)15-10-8-14(9-11-15)13-5-3-6-13/h1-2,4,7-11,13,18-20H,3,5-6,12H2. The summed E-state index contributed by atoms with van der Waals surface area (Å²) in [7, 11) is 0. The van der Waals surface area contributed by atoms with Crippen molar-refractivity contribution < 1.29 is 5.11 Å². The highest BCUT2D eigenvalue weighted by Crippen LogP contribution is 2.44. The van der Waals surface area contributed by atoms with Crippen molar-refractivity contribution >= 4 is 0 Å². The number of aliphatic hydroxyl groups is 1. The van der Waals surface area contributed by atoms with Crippen LogP contribution in [0.25, 0.3) is 0 Å². The van der Waals surface area contributed by atoms with Crippen LogP contribution < -0.4 is 0 Å². The minimum atomic E-state index is -0.361. The number of rotatable bonds is 3. The monoisotopic (exact) mass is 264 g/mol. The Kier molecular flexibility index (Phi) is 2.89. The van der Waals surface area contributed by atoms with E-state index in [0.29, 0.717) is 0 Å². The van der Waals surface area contributed by atoms with Crippen molar-refractivity contribution in [3.8, 4) is 0 Å². The van der Waals surface area contributed by atoms with Crippen LogP contribution in [0.2, 0.25) is 0 Å². The van der Waals surface area contributed by atoms with Crippen molar-refractivity contribution in [2.24, 2.45) is 0 Å². The van der Waals surface area contributed by atoms with Crippen LogP contribution in [-0.4, -0.2) is 5.11 Å². The second-order valence-corrected chi connectivity index (χ2v) is 6.25. The first-order valence-electron chi connectivity index (χ1n) is 7.68. The van der Waals surface area contributed by atoms with Crippen LogP contribution in [0, 0.1) is 0 Å². The van der Waals surface area contributed by atoms with Crippen LogP contribution in [0.1, 0.15) is 59.5 Å². The Balaban J connectivity index is 1.53. The first-order valence-corrected chi connectivity index (χ1v) is 7.68. The quantitative estimate of drug-likeness (QED) is 0.875. The Morgan fingerprint density at radius 1 is 0.950 bits per heavy atom. The molecule has 1 fully saturated rings. The lowest BCUT2D eigenvalue weighted by Crippen LogP contribution is -2.23. The summed E-state index contributed by atoms with van der Waals surface area (Å²) < 4.78 is 0. The van der Waals surface area contributed by atoms with Gasteiger partial charge in [0.1, 0.15) is 0 Å². The van der Waals surface area contributed by atoms with Crippen LogP contribution in [0.3, 0.4) is 0 Å². The molecule has 2 aliphatic carbocycles. The van der Waals surface area contributed by atoms with Gasteiger partial charge < -0.3 is 5.11 Å². The Hall–Kier alpha value is -1.60. The van der Waals surface area contributed by atoms with E-state index >= 15 is 0 Å². The molecule has 0 amide bonds. The van der Waals surface area contributed by atoms with Gasteiger partial charge in [-0.1, -0.05) is 55.0 Å². The van der Waals surface area contributed by atoms with Gasteiger partial charge in [0.25, 0.3) is 0 Å². The predicted octanol–water partition coefficient (Wildman–Crippen LogP) is 4.33. The van der Waals surface area contributed by atoms with Crippen molar-refractivity contribution in [3.05, 3.63) is 70.8 Å². The van der Waals surface area contributed by atoms with Crippen molar-refractivity contribution in [2.75, 3.05) is 0 Å². The molecule has 2 unspecified atom stereocenters. The molecule has 0 bridgehead atoms. The number of hydrogen-bond donors (Lipinski definition) is 1. The average Bonchev–Trinajstić information content (AvgIpc) is 2.39. The zero-order valence-electron chi connectivity index (χ0n) is 11.6. The molecule has 0 spiro atoms. The molecule has 2 aromatic rings. The molecule has 1 heteroatoms. The predicted molar refractivity (Wildman–Crippen MR) is 80.9 cm³/mol. The Bertz CT molecular complexity index is 610. The molecule has 102 valence electrons. The minimum Gasteiger partial charge on any atom is -0.388 e. The first-order chi connectivity index (χ1) is 9.83. The van der Waals surface area contributed by atoms with E-state index in [1.165, 1.54) is 36.0 Å². The summed E-state index contributed by atoms with van der Waals surface area (Å²) in [5.41, 5.74) is 5.22. The highest BCUT2D eigenvalue weighted by atomic mass is 16.3. The van der Waals surface area contributed by atoms with E-state index in [2.05, 4.69) is 48.5 Å². The largest absolute Gasteiger partial charge is 0.388 e. The lowest BCUT2D eigenvalue weighted by molar-refractivity contribution is 0.134.